The van der Waals surface area contributed by atoms with Gasteiger partial charge in [0.25, 0.3) is 5.89 Å². The van der Waals surface area contributed by atoms with E-state index in [4.69, 9.17) is 9.78 Å². The highest BCUT2D eigenvalue weighted by Crippen LogP contribution is 2.32. The Balaban J connectivity index is 1.76. The third kappa shape index (κ3) is 2.08. The van der Waals surface area contributed by atoms with Crippen LogP contribution in [0.2, 0.25) is 0 Å². The van der Waals surface area contributed by atoms with E-state index in [0.717, 1.165) is 24.0 Å². The van der Waals surface area contributed by atoms with Gasteiger partial charge in [-0.05, 0) is 48.6 Å². The standard InChI is InChI=1S/C18H13N3O/c19-11-12-4-1-7-14(10-12)18-20-17(21-22-18)16-9-3-6-13-5-2-8-15(13)16/h1,3-4,6-7,9-10H,2,5,8H2. The number of nitrogens with zero attached hydrogens (tertiary/aromatic N) is 3. The molecule has 1 aromatic heterocycles. The number of benzene rings is 2. The van der Waals surface area contributed by atoms with Gasteiger partial charge in [-0.15, -0.1) is 0 Å². The van der Waals surface area contributed by atoms with Crippen molar-refractivity contribution < 1.29 is 4.52 Å². The quantitative estimate of drug-likeness (QED) is 0.720. The van der Waals surface area contributed by atoms with Gasteiger partial charge in [-0.3, -0.25) is 0 Å². The second kappa shape index (κ2) is 5.12. The van der Waals surface area contributed by atoms with Crippen molar-refractivity contribution in [3.05, 3.63) is 59.2 Å². The molecule has 0 amide bonds. The average Bonchev–Trinajstić information content (AvgIpc) is 3.23. The molecular weight excluding hydrogens is 274 g/mol. The van der Waals surface area contributed by atoms with Crippen molar-refractivity contribution in [2.45, 2.75) is 19.3 Å². The molecule has 0 saturated carbocycles. The number of nitriles is 1. The Morgan fingerprint density at radius 2 is 2.00 bits per heavy atom. The number of rotatable bonds is 2. The summed E-state index contributed by atoms with van der Waals surface area (Å²) in [5.41, 5.74) is 5.13. The number of hydrogen-bond acceptors (Lipinski definition) is 4. The van der Waals surface area contributed by atoms with E-state index >= 15 is 0 Å². The zero-order chi connectivity index (χ0) is 14.9. The highest BCUT2D eigenvalue weighted by Gasteiger charge is 2.19. The lowest BCUT2D eigenvalue weighted by Gasteiger charge is -2.03. The van der Waals surface area contributed by atoms with Crippen LogP contribution in [-0.2, 0) is 12.8 Å². The fraction of sp³-hybridized carbons (Fsp3) is 0.167. The summed E-state index contributed by atoms with van der Waals surface area (Å²) in [6.45, 7) is 0. The molecule has 4 nitrogen and oxygen atoms in total. The van der Waals surface area contributed by atoms with Crippen LogP contribution in [0.15, 0.2) is 47.0 Å². The largest absolute Gasteiger partial charge is 0.334 e. The van der Waals surface area contributed by atoms with E-state index in [1.165, 1.54) is 17.5 Å². The van der Waals surface area contributed by atoms with Crippen LogP contribution in [0.3, 0.4) is 0 Å². The Kier molecular flexibility index (Phi) is 2.97. The number of aromatic nitrogens is 2. The molecule has 0 saturated heterocycles. The fourth-order valence-electron chi connectivity index (χ4n) is 3.00. The van der Waals surface area contributed by atoms with Crippen molar-refractivity contribution in [3.8, 4) is 28.9 Å². The monoisotopic (exact) mass is 287 g/mol. The lowest BCUT2D eigenvalue weighted by atomic mass is 10.0. The molecule has 0 radical (unpaired) electrons. The van der Waals surface area contributed by atoms with Crippen LogP contribution in [0.1, 0.15) is 23.1 Å². The third-order valence-electron chi connectivity index (χ3n) is 4.05. The van der Waals surface area contributed by atoms with Gasteiger partial charge in [0.15, 0.2) is 0 Å². The van der Waals surface area contributed by atoms with E-state index in [2.05, 4.69) is 22.3 Å². The molecule has 0 spiro atoms. The molecule has 0 atom stereocenters. The van der Waals surface area contributed by atoms with Crippen molar-refractivity contribution in [2.24, 2.45) is 0 Å². The first-order chi connectivity index (χ1) is 10.8. The van der Waals surface area contributed by atoms with Gasteiger partial charge in [-0.1, -0.05) is 29.4 Å². The van der Waals surface area contributed by atoms with Crippen molar-refractivity contribution in [1.82, 2.24) is 10.1 Å². The van der Waals surface area contributed by atoms with Crippen molar-refractivity contribution in [3.63, 3.8) is 0 Å². The van der Waals surface area contributed by atoms with Crippen LogP contribution < -0.4 is 0 Å². The van der Waals surface area contributed by atoms with E-state index in [0.29, 0.717) is 17.3 Å². The van der Waals surface area contributed by atoms with E-state index in [1.54, 1.807) is 12.1 Å². The number of hydrogen-bond donors (Lipinski definition) is 0. The minimum Gasteiger partial charge on any atom is -0.334 e. The maximum absolute atomic E-state index is 8.98. The summed E-state index contributed by atoms with van der Waals surface area (Å²) in [6.07, 6.45) is 3.37. The molecule has 0 aliphatic heterocycles. The van der Waals surface area contributed by atoms with E-state index < -0.39 is 0 Å². The van der Waals surface area contributed by atoms with Crippen molar-refractivity contribution in [1.29, 1.82) is 5.26 Å². The van der Waals surface area contributed by atoms with Gasteiger partial charge in [0.05, 0.1) is 11.6 Å². The molecular formula is C18H13N3O. The predicted octanol–water partition coefficient (Wildman–Crippen LogP) is 3.76. The summed E-state index contributed by atoms with van der Waals surface area (Å²) < 4.78 is 5.39. The molecule has 0 unspecified atom stereocenters. The zero-order valence-electron chi connectivity index (χ0n) is 11.9. The Bertz CT molecular complexity index is 889. The summed E-state index contributed by atoms with van der Waals surface area (Å²) in [6, 6.07) is 15.6. The minimum absolute atomic E-state index is 0.447. The third-order valence-corrected chi connectivity index (χ3v) is 4.05. The van der Waals surface area contributed by atoms with Gasteiger partial charge in [-0.2, -0.15) is 10.2 Å². The maximum Gasteiger partial charge on any atom is 0.258 e. The first kappa shape index (κ1) is 12.8. The predicted molar refractivity (Wildman–Crippen MR) is 81.9 cm³/mol. The summed E-state index contributed by atoms with van der Waals surface area (Å²) in [5, 5.41) is 13.1. The van der Waals surface area contributed by atoms with Gasteiger partial charge in [0, 0.05) is 11.1 Å². The fourth-order valence-corrected chi connectivity index (χ4v) is 3.00. The average molecular weight is 287 g/mol. The molecule has 1 aliphatic rings. The molecule has 3 aromatic rings. The lowest BCUT2D eigenvalue weighted by molar-refractivity contribution is 0.432. The van der Waals surface area contributed by atoms with Gasteiger partial charge in [-0.25, -0.2) is 0 Å². The van der Waals surface area contributed by atoms with E-state index in [1.807, 2.05) is 24.3 Å². The second-order valence-corrected chi connectivity index (χ2v) is 5.41. The van der Waals surface area contributed by atoms with E-state index in [-0.39, 0.29) is 0 Å². The van der Waals surface area contributed by atoms with Crippen LogP contribution in [0.25, 0.3) is 22.8 Å². The molecule has 1 aliphatic carbocycles. The van der Waals surface area contributed by atoms with Crippen LogP contribution in [0.5, 0.6) is 0 Å². The Morgan fingerprint density at radius 3 is 2.91 bits per heavy atom. The molecule has 0 fully saturated rings. The summed E-state index contributed by atoms with van der Waals surface area (Å²) in [5.74, 6) is 1.07. The number of aryl methyl sites for hydroxylation is 1. The molecule has 4 heteroatoms. The van der Waals surface area contributed by atoms with Crippen molar-refractivity contribution in [2.75, 3.05) is 0 Å². The molecule has 0 N–H and O–H groups in total. The molecule has 22 heavy (non-hydrogen) atoms. The summed E-state index contributed by atoms with van der Waals surface area (Å²) >= 11 is 0. The zero-order valence-corrected chi connectivity index (χ0v) is 11.9. The van der Waals surface area contributed by atoms with Crippen LogP contribution in [0, 0.1) is 11.3 Å². The first-order valence-electron chi connectivity index (χ1n) is 7.30. The highest BCUT2D eigenvalue weighted by molar-refractivity contribution is 5.65. The summed E-state index contributed by atoms with van der Waals surface area (Å²) in [7, 11) is 0. The summed E-state index contributed by atoms with van der Waals surface area (Å²) in [4.78, 5) is 4.52. The molecule has 4 rings (SSSR count). The molecule has 106 valence electrons. The van der Waals surface area contributed by atoms with Gasteiger partial charge in [0.1, 0.15) is 0 Å². The Hall–Kier alpha value is -2.93. The van der Waals surface area contributed by atoms with E-state index in [9.17, 15) is 0 Å². The van der Waals surface area contributed by atoms with Crippen molar-refractivity contribution >= 4 is 0 Å². The van der Waals surface area contributed by atoms with Gasteiger partial charge in [0.2, 0.25) is 5.82 Å². The van der Waals surface area contributed by atoms with Gasteiger partial charge < -0.3 is 4.52 Å². The highest BCUT2D eigenvalue weighted by atomic mass is 16.5. The maximum atomic E-state index is 8.98. The second-order valence-electron chi connectivity index (χ2n) is 5.41. The molecule has 1 heterocycles. The Morgan fingerprint density at radius 1 is 1.09 bits per heavy atom. The molecule has 2 aromatic carbocycles. The first-order valence-corrected chi connectivity index (χ1v) is 7.30. The molecule has 0 bridgehead atoms. The lowest BCUT2D eigenvalue weighted by Crippen LogP contribution is -1.90. The minimum atomic E-state index is 0.447. The smallest absolute Gasteiger partial charge is 0.258 e. The Labute approximate surface area is 128 Å². The number of fused-ring (bicyclic) bond motifs is 1. The topological polar surface area (TPSA) is 62.7 Å². The van der Waals surface area contributed by atoms with Crippen LogP contribution in [-0.4, -0.2) is 10.1 Å². The van der Waals surface area contributed by atoms with Crippen LogP contribution in [0.4, 0.5) is 0 Å². The van der Waals surface area contributed by atoms with Crippen LogP contribution >= 0.6 is 0 Å². The normalized spacial score (nSPS) is 12.9. The SMILES string of the molecule is N#Cc1cccc(-c2nc(-c3cccc4c3CCC4)no2)c1. The van der Waals surface area contributed by atoms with Gasteiger partial charge >= 0.3 is 0 Å².